The van der Waals surface area contributed by atoms with Crippen LogP contribution in [0.15, 0.2) is 30.3 Å². The number of rotatable bonds is 8. The SMILES string of the molecule is CC(C)CCB(CCC(C)C)Cc1ccccc1. The molecule has 0 radical (unpaired) electrons. The molecule has 1 heteroatoms. The maximum atomic E-state index is 2.34. The molecule has 0 saturated heterocycles. The van der Waals surface area contributed by atoms with E-state index >= 15 is 0 Å². The molecule has 0 spiro atoms. The summed E-state index contributed by atoms with van der Waals surface area (Å²) in [6.07, 6.45) is 6.78. The minimum Gasteiger partial charge on any atom is -0.0736 e. The van der Waals surface area contributed by atoms with Crippen LogP contribution in [-0.2, 0) is 6.32 Å². The van der Waals surface area contributed by atoms with Crippen molar-refractivity contribution in [2.45, 2.75) is 59.5 Å². The van der Waals surface area contributed by atoms with Crippen molar-refractivity contribution in [1.29, 1.82) is 0 Å². The fraction of sp³-hybridized carbons (Fsp3) is 0.647. The van der Waals surface area contributed by atoms with E-state index in [9.17, 15) is 0 Å². The number of hydrogen-bond donors (Lipinski definition) is 0. The first-order valence-electron chi connectivity index (χ1n) is 7.61. The van der Waals surface area contributed by atoms with Gasteiger partial charge in [-0.15, -0.1) is 0 Å². The Kier molecular flexibility index (Phi) is 7.16. The van der Waals surface area contributed by atoms with E-state index in [4.69, 9.17) is 0 Å². The number of benzene rings is 1. The summed E-state index contributed by atoms with van der Waals surface area (Å²) in [5.41, 5.74) is 1.51. The van der Waals surface area contributed by atoms with Crippen molar-refractivity contribution in [3.8, 4) is 0 Å². The molecule has 0 unspecified atom stereocenters. The third-order valence-corrected chi connectivity index (χ3v) is 3.67. The van der Waals surface area contributed by atoms with Gasteiger partial charge in [0.1, 0.15) is 6.71 Å². The molecule has 18 heavy (non-hydrogen) atoms. The number of hydrogen-bond acceptors (Lipinski definition) is 0. The zero-order valence-electron chi connectivity index (χ0n) is 12.7. The van der Waals surface area contributed by atoms with Crippen molar-refractivity contribution < 1.29 is 0 Å². The molecule has 0 aromatic heterocycles. The Labute approximate surface area is 114 Å². The molecule has 0 heterocycles. The molecule has 0 atom stereocenters. The van der Waals surface area contributed by atoms with Gasteiger partial charge in [0.25, 0.3) is 0 Å². The smallest absolute Gasteiger partial charge is 0.0736 e. The maximum Gasteiger partial charge on any atom is 0.144 e. The van der Waals surface area contributed by atoms with Gasteiger partial charge in [0, 0.05) is 0 Å². The fourth-order valence-corrected chi connectivity index (χ4v) is 2.43. The molecule has 0 nitrogen and oxygen atoms in total. The van der Waals surface area contributed by atoms with Crippen LogP contribution >= 0.6 is 0 Å². The third-order valence-electron chi connectivity index (χ3n) is 3.67. The lowest BCUT2D eigenvalue weighted by Gasteiger charge is -2.16. The van der Waals surface area contributed by atoms with E-state index in [0.29, 0.717) is 0 Å². The van der Waals surface area contributed by atoms with Crippen molar-refractivity contribution in [2.24, 2.45) is 11.8 Å². The topological polar surface area (TPSA) is 0 Å². The van der Waals surface area contributed by atoms with Crippen molar-refractivity contribution in [3.05, 3.63) is 35.9 Å². The Balaban J connectivity index is 2.48. The summed E-state index contributed by atoms with van der Waals surface area (Å²) >= 11 is 0. The standard InChI is InChI=1S/C17H29B/c1-15(2)10-12-18(13-11-16(3)4)14-17-8-6-5-7-9-17/h5-9,15-16H,10-14H2,1-4H3. The lowest BCUT2D eigenvalue weighted by molar-refractivity contribution is 0.605. The van der Waals surface area contributed by atoms with Crippen molar-refractivity contribution in [3.63, 3.8) is 0 Å². The van der Waals surface area contributed by atoms with E-state index in [1.165, 1.54) is 37.4 Å². The molecule has 0 aliphatic heterocycles. The van der Waals surface area contributed by atoms with Crippen LogP contribution in [0.3, 0.4) is 0 Å². The van der Waals surface area contributed by atoms with Gasteiger partial charge in [0.15, 0.2) is 0 Å². The van der Waals surface area contributed by atoms with Gasteiger partial charge in [0.2, 0.25) is 0 Å². The molecule has 0 aliphatic rings. The lowest BCUT2D eigenvalue weighted by Crippen LogP contribution is -2.18. The van der Waals surface area contributed by atoms with Gasteiger partial charge in [-0.25, -0.2) is 0 Å². The maximum absolute atomic E-state index is 2.34. The van der Waals surface area contributed by atoms with Crippen molar-refractivity contribution in [1.82, 2.24) is 0 Å². The minimum absolute atomic E-state index is 0.835. The first kappa shape index (κ1) is 15.3. The highest BCUT2D eigenvalue weighted by Gasteiger charge is 2.15. The molecule has 1 aromatic rings. The van der Waals surface area contributed by atoms with Crippen LogP contribution in [0, 0.1) is 11.8 Å². The van der Waals surface area contributed by atoms with Gasteiger partial charge in [-0.3, -0.25) is 0 Å². The van der Waals surface area contributed by atoms with Gasteiger partial charge in [-0.1, -0.05) is 89.1 Å². The molecule has 0 aliphatic carbocycles. The van der Waals surface area contributed by atoms with Crippen LogP contribution in [0.25, 0.3) is 0 Å². The molecule has 1 aromatic carbocycles. The van der Waals surface area contributed by atoms with E-state index in [1.54, 1.807) is 0 Å². The van der Waals surface area contributed by atoms with E-state index < -0.39 is 0 Å². The van der Waals surface area contributed by atoms with Crippen LogP contribution in [0.4, 0.5) is 0 Å². The first-order chi connectivity index (χ1) is 8.58. The zero-order valence-corrected chi connectivity index (χ0v) is 12.7. The minimum atomic E-state index is 0.835. The molecule has 0 bridgehead atoms. The quantitative estimate of drug-likeness (QED) is 0.540. The average Bonchev–Trinajstić information content (AvgIpc) is 2.33. The Bertz CT molecular complexity index is 291. The summed E-state index contributed by atoms with van der Waals surface area (Å²) in [6, 6.07) is 11.0. The largest absolute Gasteiger partial charge is 0.144 e. The Morgan fingerprint density at radius 3 is 1.78 bits per heavy atom. The molecular weight excluding hydrogens is 215 g/mol. The third kappa shape index (κ3) is 6.88. The molecule has 1 rings (SSSR count). The second-order valence-electron chi connectivity index (χ2n) is 6.50. The van der Waals surface area contributed by atoms with Crippen LogP contribution < -0.4 is 0 Å². The second-order valence-corrected chi connectivity index (χ2v) is 6.50. The highest BCUT2D eigenvalue weighted by Crippen LogP contribution is 2.18. The van der Waals surface area contributed by atoms with E-state index in [2.05, 4.69) is 58.0 Å². The van der Waals surface area contributed by atoms with Crippen LogP contribution in [0.5, 0.6) is 0 Å². The summed E-state index contributed by atoms with van der Waals surface area (Å²) < 4.78 is 0. The molecule has 0 amide bonds. The second kappa shape index (κ2) is 8.40. The zero-order chi connectivity index (χ0) is 13.4. The Morgan fingerprint density at radius 2 is 1.33 bits per heavy atom. The highest BCUT2D eigenvalue weighted by atomic mass is 14.0. The van der Waals surface area contributed by atoms with E-state index in [0.717, 1.165) is 18.5 Å². The van der Waals surface area contributed by atoms with Crippen molar-refractivity contribution >= 4 is 6.71 Å². The van der Waals surface area contributed by atoms with E-state index in [1.807, 2.05) is 0 Å². The van der Waals surface area contributed by atoms with Gasteiger partial charge >= 0.3 is 0 Å². The van der Waals surface area contributed by atoms with Crippen LogP contribution in [0.1, 0.15) is 46.1 Å². The van der Waals surface area contributed by atoms with Crippen LogP contribution in [0.2, 0.25) is 12.6 Å². The summed E-state index contributed by atoms with van der Waals surface area (Å²) in [4.78, 5) is 0. The predicted molar refractivity (Wildman–Crippen MR) is 84.4 cm³/mol. The highest BCUT2D eigenvalue weighted by molar-refractivity contribution is 6.58. The summed E-state index contributed by atoms with van der Waals surface area (Å²) in [6.45, 7) is 10.2. The molecule has 0 N–H and O–H groups in total. The monoisotopic (exact) mass is 244 g/mol. The summed E-state index contributed by atoms with van der Waals surface area (Å²) in [5.74, 6) is 1.67. The van der Waals surface area contributed by atoms with Crippen molar-refractivity contribution in [2.75, 3.05) is 0 Å². The average molecular weight is 244 g/mol. The molecule has 0 saturated carbocycles. The molecule has 0 fully saturated rings. The van der Waals surface area contributed by atoms with E-state index in [-0.39, 0.29) is 0 Å². The summed E-state index contributed by atoms with van der Waals surface area (Å²) in [7, 11) is 0. The van der Waals surface area contributed by atoms with Gasteiger partial charge in [-0.05, 0) is 18.2 Å². The van der Waals surface area contributed by atoms with Gasteiger partial charge < -0.3 is 0 Å². The molecule has 100 valence electrons. The predicted octanol–water partition coefficient (Wildman–Crippen LogP) is 5.36. The van der Waals surface area contributed by atoms with Gasteiger partial charge in [0.05, 0.1) is 0 Å². The Morgan fingerprint density at radius 1 is 0.833 bits per heavy atom. The lowest BCUT2D eigenvalue weighted by atomic mass is 9.40. The summed E-state index contributed by atoms with van der Waals surface area (Å²) in [5, 5.41) is 0. The van der Waals surface area contributed by atoms with Crippen LogP contribution in [-0.4, -0.2) is 6.71 Å². The normalized spacial score (nSPS) is 11.2. The van der Waals surface area contributed by atoms with Gasteiger partial charge in [-0.2, -0.15) is 0 Å². The molecular formula is C17H29B. The Hall–Kier alpha value is -0.715. The first-order valence-corrected chi connectivity index (χ1v) is 7.61. The fourth-order valence-electron chi connectivity index (χ4n) is 2.43.